The SMILES string of the molecule is CSCCCNC1CCCc2sc(I)cc21. The van der Waals surface area contributed by atoms with Crippen molar-refractivity contribution in [1.82, 2.24) is 5.32 Å². The van der Waals surface area contributed by atoms with Gasteiger partial charge in [-0.25, -0.2) is 0 Å². The van der Waals surface area contributed by atoms with Crippen LogP contribution in [-0.4, -0.2) is 18.6 Å². The highest BCUT2D eigenvalue weighted by atomic mass is 127. The zero-order chi connectivity index (χ0) is 11.4. The minimum Gasteiger partial charge on any atom is -0.310 e. The van der Waals surface area contributed by atoms with Gasteiger partial charge in [-0.05, 0) is 78.5 Å². The average molecular weight is 367 g/mol. The lowest BCUT2D eigenvalue weighted by atomic mass is 9.94. The van der Waals surface area contributed by atoms with Gasteiger partial charge < -0.3 is 5.32 Å². The fourth-order valence-electron chi connectivity index (χ4n) is 2.23. The lowest BCUT2D eigenvalue weighted by molar-refractivity contribution is 0.465. The molecule has 0 bridgehead atoms. The summed E-state index contributed by atoms with van der Waals surface area (Å²) in [5.74, 6) is 1.27. The molecule has 0 amide bonds. The van der Waals surface area contributed by atoms with Gasteiger partial charge in [-0.1, -0.05) is 0 Å². The van der Waals surface area contributed by atoms with E-state index in [1.165, 1.54) is 34.3 Å². The zero-order valence-corrected chi connectivity index (χ0v) is 13.4. The first-order valence-electron chi connectivity index (χ1n) is 5.81. The number of hydrogen-bond acceptors (Lipinski definition) is 3. The second-order valence-corrected chi connectivity index (χ2v) is 8.19. The number of thioether (sulfide) groups is 1. The Hall–Kier alpha value is 0.740. The van der Waals surface area contributed by atoms with Crippen LogP contribution < -0.4 is 5.32 Å². The zero-order valence-electron chi connectivity index (χ0n) is 9.59. The van der Waals surface area contributed by atoms with Crippen molar-refractivity contribution in [2.75, 3.05) is 18.6 Å². The van der Waals surface area contributed by atoms with Gasteiger partial charge in [0.25, 0.3) is 0 Å². The highest BCUT2D eigenvalue weighted by Gasteiger charge is 2.21. The van der Waals surface area contributed by atoms with E-state index in [1.54, 1.807) is 10.4 Å². The lowest BCUT2D eigenvalue weighted by Gasteiger charge is -2.23. The molecule has 0 aromatic carbocycles. The normalized spacial score (nSPS) is 19.8. The predicted octanol–water partition coefficient (Wildman–Crippen LogP) is 4.07. The monoisotopic (exact) mass is 367 g/mol. The molecule has 16 heavy (non-hydrogen) atoms. The fraction of sp³-hybridized carbons (Fsp3) is 0.667. The van der Waals surface area contributed by atoms with Crippen LogP contribution in [0.2, 0.25) is 0 Å². The molecule has 0 aliphatic heterocycles. The summed E-state index contributed by atoms with van der Waals surface area (Å²) >= 11 is 6.37. The molecule has 90 valence electrons. The van der Waals surface area contributed by atoms with Gasteiger partial charge in [0.2, 0.25) is 0 Å². The second-order valence-electron chi connectivity index (χ2n) is 4.17. The third-order valence-electron chi connectivity index (χ3n) is 3.00. The Morgan fingerprint density at radius 3 is 3.31 bits per heavy atom. The van der Waals surface area contributed by atoms with E-state index in [2.05, 4.69) is 40.2 Å². The molecule has 0 saturated heterocycles. The summed E-state index contributed by atoms with van der Waals surface area (Å²) < 4.78 is 1.44. The van der Waals surface area contributed by atoms with Crippen LogP contribution in [0.25, 0.3) is 0 Å². The third kappa shape index (κ3) is 3.37. The van der Waals surface area contributed by atoms with E-state index in [0.29, 0.717) is 6.04 Å². The highest BCUT2D eigenvalue weighted by Crippen LogP contribution is 2.36. The first-order valence-corrected chi connectivity index (χ1v) is 9.10. The molecule has 0 spiro atoms. The van der Waals surface area contributed by atoms with Crippen LogP contribution in [0.5, 0.6) is 0 Å². The Morgan fingerprint density at radius 1 is 1.62 bits per heavy atom. The number of thiophene rings is 1. The van der Waals surface area contributed by atoms with E-state index >= 15 is 0 Å². The molecule has 2 rings (SSSR count). The summed E-state index contributed by atoms with van der Waals surface area (Å²) in [5.41, 5.74) is 1.59. The molecule has 1 aromatic rings. The van der Waals surface area contributed by atoms with Crippen LogP contribution >= 0.6 is 45.7 Å². The van der Waals surface area contributed by atoms with Crippen molar-refractivity contribution >= 4 is 45.7 Å². The van der Waals surface area contributed by atoms with E-state index in [0.717, 1.165) is 6.54 Å². The molecule has 1 unspecified atom stereocenters. The standard InChI is InChI=1S/C12H18INS2/c1-15-7-3-6-14-10-4-2-5-11-9(10)8-12(13)16-11/h8,10,14H,2-7H2,1H3. The molecule has 0 saturated carbocycles. The van der Waals surface area contributed by atoms with E-state index < -0.39 is 0 Å². The van der Waals surface area contributed by atoms with Gasteiger partial charge in [-0.15, -0.1) is 11.3 Å². The van der Waals surface area contributed by atoms with Gasteiger partial charge in [-0.2, -0.15) is 11.8 Å². The Labute approximate surface area is 120 Å². The summed E-state index contributed by atoms with van der Waals surface area (Å²) in [5, 5.41) is 3.72. The Morgan fingerprint density at radius 2 is 2.50 bits per heavy atom. The number of fused-ring (bicyclic) bond motifs is 1. The summed E-state index contributed by atoms with van der Waals surface area (Å²) in [7, 11) is 0. The highest BCUT2D eigenvalue weighted by molar-refractivity contribution is 14.1. The number of halogens is 1. The van der Waals surface area contributed by atoms with Crippen molar-refractivity contribution in [2.45, 2.75) is 31.7 Å². The lowest BCUT2D eigenvalue weighted by Crippen LogP contribution is -2.25. The van der Waals surface area contributed by atoms with Crippen molar-refractivity contribution in [1.29, 1.82) is 0 Å². The van der Waals surface area contributed by atoms with Gasteiger partial charge in [-0.3, -0.25) is 0 Å². The number of rotatable bonds is 5. The molecule has 1 atom stereocenters. The molecular formula is C12H18INS2. The summed E-state index contributed by atoms with van der Waals surface area (Å²) in [6.45, 7) is 1.16. The Kier molecular flexibility index (Phi) is 5.45. The fourth-order valence-corrected chi connectivity index (χ4v) is 4.78. The van der Waals surface area contributed by atoms with Crippen LogP contribution in [0.15, 0.2) is 6.07 Å². The predicted molar refractivity (Wildman–Crippen MR) is 83.7 cm³/mol. The van der Waals surface area contributed by atoms with Crippen LogP contribution in [0.1, 0.15) is 35.7 Å². The number of aryl methyl sites for hydroxylation is 1. The molecule has 1 heterocycles. The minimum absolute atomic E-state index is 0.630. The first kappa shape index (κ1) is 13.2. The van der Waals surface area contributed by atoms with Crippen molar-refractivity contribution in [3.05, 3.63) is 19.4 Å². The van der Waals surface area contributed by atoms with Crippen LogP contribution in [0.3, 0.4) is 0 Å². The molecule has 1 aromatic heterocycles. The van der Waals surface area contributed by atoms with Crippen LogP contribution in [0.4, 0.5) is 0 Å². The van der Waals surface area contributed by atoms with E-state index in [4.69, 9.17) is 0 Å². The first-order chi connectivity index (χ1) is 7.81. The Bertz CT molecular complexity index is 338. The largest absolute Gasteiger partial charge is 0.310 e. The summed E-state index contributed by atoms with van der Waals surface area (Å²) in [4.78, 5) is 1.62. The van der Waals surface area contributed by atoms with Gasteiger partial charge in [0, 0.05) is 10.9 Å². The van der Waals surface area contributed by atoms with E-state index in [-0.39, 0.29) is 0 Å². The van der Waals surface area contributed by atoms with Gasteiger partial charge in [0.05, 0.1) is 2.88 Å². The van der Waals surface area contributed by atoms with Crippen molar-refractivity contribution in [3.63, 3.8) is 0 Å². The second kappa shape index (κ2) is 6.61. The van der Waals surface area contributed by atoms with Gasteiger partial charge in [0.1, 0.15) is 0 Å². The van der Waals surface area contributed by atoms with Gasteiger partial charge >= 0.3 is 0 Å². The number of nitrogens with one attached hydrogen (secondary N) is 1. The molecular weight excluding hydrogens is 349 g/mol. The van der Waals surface area contributed by atoms with Gasteiger partial charge in [0.15, 0.2) is 0 Å². The quantitative estimate of drug-likeness (QED) is 0.622. The van der Waals surface area contributed by atoms with E-state index in [9.17, 15) is 0 Å². The molecule has 1 aliphatic carbocycles. The van der Waals surface area contributed by atoms with Crippen molar-refractivity contribution < 1.29 is 0 Å². The molecule has 0 radical (unpaired) electrons. The Balaban J connectivity index is 1.91. The number of hydrogen-bond donors (Lipinski definition) is 1. The summed E-state index contributed by atoms with van der Waals surface area (Å²) in [6.07, 6.45) is 7.43. The minimum atomic E-state index is 0.630. The third-order valence-corrected chi connectivity index (χ3v) is 5.67. The van der Waals surface area contributed by atoms with Crippen molar-refractivity contribution in [2.24, 2.45) is 0 Å². The average Bonchev–Trinajstić information content (AvgIpc) is 2.65. The van der Waals surface area contributed by atoms with Crippen LogP contribution in [0, 0.1) is 2.88 Å². The molecule has 0 fully saturated rings. The van der Waals surface area contributed by atoms with E-state index in [1.807, 2.05) is 23.1 Å². The molecule has 4 heteroatoms. The smallest absolute Gasteiger partial charge is 0.0659 e. The molecule has 1 nitrogen and oxygen atoms in total. The summed E-state index contributed by atoms with van der Waals surface area (Å²) in [6, 6.07) is 3.01. The molecule has 1 aliphatic rings. The molecule has 1 N–H and O–H groups in total. The maximum Gasteiger partial charge on any atom is 0.0659 e. The topological polar surface area (TPSA) is 12.0 Å². The van der Waals surface area contributed by atoms with Crippen molar-refractivity contribution in [3.8, 4) is 0 Å². The maximum atomic E-state index is 3.72. The van der Waals surface area contributed by atoms with Crippen LogP contribution in [-0.2, 0) is 6.42 Å². The maximum absolute atomic E-state index is 3.72.